The zero-order valence-corrected chi connectivity index (χ0v) is 17.9. The van der Waals surface area contributed by atoms with Crippen LogP contribution in [0.5, 0.6) is 0 Å². The first-order chi connectivity index (χ1) is 13.9. The van der Waals surface area contributed by atoms with Crippen molar-refractivity contribution in [2.75, 3.05) is 42.9 Å². The third-order valence-corrected chi connectivity index (χ3v) is 5.91. The highest BCUT2D eigenvalue weighted by molar-refractivity contribution is 7.20. The molecule has 0 radical (unpaired) electrons. The van der Waals surface area contributed by atoms with Gasteiger partial charge in [0.1, 0.15) is 5.82 Å². The Labute approximate surface area is 174 Å². The molecule has 9 heteroatoms. The Hall–Kier alpha value is -2.68. The molecular formula is C20H27N7OS. The van der Waals surface area contributed by atoms with E-state index >= 15 is 0 Å². The second-order valence-corrected chi connectivity index (χ2v) is 9.20. The molecule has 1 N–H and O–H groups in total. The van der Waals surface area contributed by atoms with Gasteiger partial charge in [-0.15, -0.1) is 5.10 Å². The fourth-order valence-corrected chi connectivity index (χ4v) is 4.10. The maximum atomic E-state index is 12.5. The SMILES string of the molecule is CC(C)(C)c1cn2nc(NCCC(=O)N3CCN(c4ccccn4)CC3)sc2n1. The predicted octanol–water partition coefficient (Wildman–Crippen LogP) is 2.63. The lowest BCUT2D eigenvalue weighted by atomic mass is 9.93. The highest BCUT2D eigenvalue weighted by Crippen LogP contribution is 2.25. The number of nitrogens with zero attached hydrogens (tertiary/aromatic N) is 6. The van der Waals surface area contributed by atoms with Crippen molar-refractivity contribution in [3.63, 3.8) is 0 Å². The average Bonchev–Trinajstić information content (AvgIpc) is 3.27. The van der Waals surface area contributed by atoms with Gasteiger partial charge in [-0.1, -0.05) is 38.2 Å². The van der Waals surface area contributed by atoms with Gasteiger partial charge in [-0.25, -0.2) is 14.5 Å². The Morgan fingerprint density at radius 3 is 2.66 bits per heavy atom. The van der Waals surface area contributed by atoms with Crippen molar-refractivity contribution < 1.29 is 4.79 Å². The molecule has 4 heterocycles. The molecule has 154 valence electrons. The van der Waals surface area contributed by atoms with E-state index in [1.165, 1.54) is 11.3 Å². The average molecular weight is 414 g/mol. The van der Waals surface area contributed by atoms with Crippen molar-refractivity contribution in [2.24, 2.45) is 0 Å². The van der Waals surface area contributed by atoms with Gasteiger partial charge in [0.25, 0.3) is 0 Å². The van der Waals surface area contributed by atoms with Crippen LogP contribution in [0.1, 0.15) is 32.9 Å². The minimum absolute atomic E-state index is 0.00796. The number of pyridine rings is 1. The van der Waals surface area contributed by atoms with Crippen LogP contribution in [0.25, 0.3) is 4.96 Å². The third kappa shape index (κ3) is 4.50. The van der Waals surface area contributed by atoms with E-state index in [2.05, 4.69) is 46.1 Å². The van der Waals surface area contributed by atoms with Crippen LogP contribution in [0.15, 0.2) is 30.6 Å². The maximum absolute atomic E-state index is 12.5. The highest BCUT2D eigenvalue weighted by Gasteiger charge is 2.22. The number of piperazine rings is 1. The van der Waals surface area contributed by atoms with Crippen LogP contribution in [0.4, 0.5) is 10.9 Å². The molecule has 1 aliphatic rings. The Morgan fingerprint density at radius 2 is 2.00 bits per heavy atom. The zero-order chi connectivity index (χ0) is 20.4. The molecular weight excluding hydrogens is 386 g/mol. The summed E-state index contributed by atoms with van der Waals surface area (Å²) in [6, 6.07) is 5.92. The summed E-state index contributed by atoms with van der Waals surface area (Å²) < 4.78 is 1.81. The van der Waals surface area contributed by atoms with Gasteiger partial charge >= 0.3 is 0 Å². The van der Waals surface area contributed by atoms with Crippen LogP contribution in [0, 0.1) is 0 Å². The Kier molecular flexibility index (Phi) is 5.40. The first-order valence-electron chi connectivity index (χ1n) is 9.94. The van der Waals surface area contributed by atoms with E-state index in [9.17, 15) is 4.79 Å². The van der Waals surface area contributed by atoms with E-state index in [0.717, 1.165) is 47.8 Å². The van der Waals surface area contributed by atoms with Gasteiger partial charge in [0.15, 0.2) is 0 Å². The standard InChI is InChI=1S/C20H27N7OS/c1-20(2,3)15-14-27-19(23-15)29-18(24-27)22-9-7-17(28)26-12-10-25(11-13-26)16-6-4-5-8-21-16/h4-6,8,14H,7,9-13H2,1-3H3,(H,22,24). The summed E-state index contributed by atoms with van der Waals surface area (Å²) in [5.74, 6) is 1.15. The summed E-state index contributed by atoms with van der Waals surface area (Å²) in [4.78, 5) is 26.6. The minimum Gasteiger partial charge on any atom is -0.360 e. The number of imidazole rings is 1. The Bertz CT molecular complexity index is 936. The van der Waals surface area contributed by atoms with Crippen LogP contribution in [0.2, 0.25) is 0 Å². The van der Waals surface area contributed by atoms with Gasteiger partial charge in [0.05, 0.1) is 11.9 Å². The summed E-state index contributed by atoms with van der Waals surface area (Å²) >= 11 is 1.51. The maximum Gasteiger partial charge on any atom is 0.224 e. The molecule has 0 atom stereocenters. The van der Waals surface area contributed by atoms with E-state index in [4.69, 9.17) is 0 Å². The van der Waals surface area contributed by atoms with E-state index in [1.54, 1.807) is 6.20 Å². The van der Waals surface area contributed by atoms with Crippen molar-refractivity contribution in [3.05, 3.63) is 36.3 Å². The van der Waals surface area contributed by atoms with Gasteiger partial charge < -0.3 is 15.1 Å². The third-order valence-electron chi connectivity index (χ3n) is 5.03. The summed E-state index contributed by atoms with van der Waals surface area (Å²) in [5, 5.41) is 8.58. The van der Waals surface area contributed by atoms with Crippen molar-refractivity contribution in [2.45, 2.75) is 32.6 Å². The number of nitrogens with one attached hydrogen (secondary N) is 1. The van der Waals surface area contributed by atoms with Crippen LogP contribution in [-0.4, -0.2) is 63.1 Å². The van der Waals surface area contributed by atoms with Crippen LogP contribution in [-0.2, 0) is 10.2 Å². The zero-order valence-electron chi connectivity index (χ0n) is 17.1. The van der Waals surface area contributed by atoms with E-state index in [1.807, 2.05) is 33.8 Å². The number of carbonyl (C=O) groups excluding carboxylic acids is 1. The molecule has 1 saturated heterocycles. The van der Waals surface area contributed by atoms with E-state index in [0.29, 0.717) is 13.0 Å². The largest absolute Gasteiger partial charge is 0.360 e. The monoisotopic (exact) mass is 413 g/mol. The molecule has 1 aliphatic heterocycles. The number of carbonyl (C=O) groups is 1. The van der Waals surface area contributed by atoms with Crippen molar-refractivity contribution in [1.82, 2.24) is 24.5 Å². The molecule has 0 spiro atoms. The van der Waals surface area contributed by atoms with Gasteiger partial charge in [0.2, 0.25) is 16.0 Å². The summed E-state index contributed by atoms with van der Waals surface area (Å²) in [6.45, 7) is 10.1. The second-order valence-electron chi connectivity index (χ2n) is 8.24. The Balaban J connectivity index is 1.24. The lowest BCUT2D eigenvalue weighted by molar-refractivity contribution is -0.131. The van der Waals surface area contributed by atoms with Crippen molar-refractivity contribution >= 4 is 33.2 Å². The molecule has 1 fully saturated rings. The topological polar surface area (TPSA) is 78.7 Å². The quantitative estimate of drug-likeness (QED) is 0.693. The molecule has 0 unspecified atom stereocenters. The summed E-state index contributed by atoms with van der Waals surface area (Å²) in [6.07, 6.45) is 4.24. The number of fused-ring (bicyclic) bond motifs is 1. The van der Waals surface area contributed by atoms with Gasteiger partial charge in [-0.05, 0) is 12.1 Å². The number of hydrogen-bond donors (Lipinski definition) is 1. The number of hydrogen-bond acceptors (Lipinski definition) is 7. The molecule has 3 aromatic heterocycles. The molecule has 29 heavy (non-hydrogen) atoms. The normalized spacial score (nSPS) is 15.1. The number of aromatic nitrogens is 4. The van der Waals surface area contributed by atoms with E-state index in [-0.39, 0.29) is 11.3 Å². The van der Waals surface area contributed by atoms with Crippen LogP contribution in [0.3, 0.4) is 0 Å². The number of amides is 1. The van der Waals surface area contributed by atoms with Gasteiger partial charge in [-0.3, -0.25) is 4.79 Å². The lowest BCUT2D eigenvalue weighted by Gasteiger charge is -2.35. The minimum atomic E-state index is 0.00796. The van der Waals surface area contributed by atoms with Crippen LogP contribution < -0.4 is 10.2 Å². The first kappa shape index (κ1) is 19.6. The molecule has 0 saturated carbocycles. The van der Waals surface area contributed by atoms with Gasteiger partial charge in [0, 0.05) is 50.8 Å². The smallest absolute Gasteiger partial charge is 0.224 e. The summed E-state index contributed by atoms with van der Waals surface area (Å²) in [5.41, 5.74) is 1.04. The molecule has 4 rings (SSSR count). The predicted molar refractivity (Wildman–Crippen MR) is 116 cm³/mol. The number of rotatable bonds is 5. The second kappa shape index (κ2) is 7.98. The van der Waals surface area contributed by atoms with Crippen LogP contribution >= 0.6 is 11.3 Å². The Morgan fingerprint density at radius 1 is 1.21 bits per heavy atom. The molecule has 8 nitrogen and oxygen atoms in total. The fraction of sp³-hybridized carbons (Fsp3) is 0.500. The molecule has 1 amide bonds. The highest BCUT2D eigenvalue weighted by atomic mass is 32.1. The molecule has 3 aromatic rings. The molecule has 0 aromatic carbocycles. The molecule has 0 bridgehead atoms. The van der Waals surface area contributed by atoms with E-state index < -0.39 is 0 Å². The van der Waals surface area contributed by atoms with Crippen molar-refractivity contribution in [3.8, 4) is 0 Å². The number of anilines is 2. The fourth-order valence-electron chi connectivity index (χ4n) is 3.29. The van der Waals surface area contributed by atoms with Gasteiger partial charge in [-0.2, -0.15) is 0 Å². The lowest BCUT2D eigenvalue weighted by Crippen LogP contribution is -2.49. The molecule has 0 aliphatic carbocycles. The van der Waals surface area contributed by atoms with Crippen molar-refractivity contribution in [1.29, 1.82) is 0 Å². The summed E-state index contributed by atoms with van der Waals surface area (Å²) in [7, 11) is 0. The first-order valence-corrected chi connectivity index (χ1v) is 10.8.